The quantitative estimate of drug-likeness (QED) is 0.704. The Kier molecular flexibility index (Phi) is 6.31. The van der Waals surface area contributed by atoms with E-state index in [9.17, 15) is 4.79 Å². The Hall–Kier alpha value is -2.30. The van der Waals surface area contributed by atoms with E-state index in [0.717, 1.165) is 41.7 Å². The molecule has 140 valence electrons. The summed E-state index contributed by atoms with van der Waals surface area (Å²) >= 11 is 0. The number of aryl methyl sites for hydroxylation is 2. The molecular formula is C21H28N2O3. The van der Waals surface area contributed by atoms with Gasteiger partial charge in [0.2, 0.25) is 0 Å². The first-order valence-corrected chi connectivity index (χ1v) is 9.56. The molecule has 0 radical (unpaired) electrons. The van der Waals surface area contributed by atoms with E-state index in [-0.39, 0.29) is 5.91 Å². The number of carbonyl (C=O) groups is 1. The minimum Gasteiger partial charge on any atom is -0.489 e. The maximum Gasteiger partial charge on any atom is 0.251 e. The van der Waals surface area contributed by atoms with Gasteiger partial charge in [-0.15, -0.1) is 0 Å². The molecule has 1 aliphatic rings. The number of rotatable bonds is 8. The van der Waals surface area contributed by atoms with Crippen LogP contribution in [0.3, 0.4) is 0 Å². The van der Waals surface area contributed by atoms with Crippen LogP contribution < -0.4 is 10.1 Å². The summed E-state index contributed by atoms with van der Waals surface area (Å²) in [6.07, 6.45) is 7.78. The average molecular weight is 356 g/mol. The molecule has 3 rings (SSSR count). The summed E-state index contributed by atoms with van der Waals surface area (Å²) in [5.74, 6) is 2.36. The molecule has 1 aromatic heterocycles. The molecule has 1 aliphatic carbocycles. The second-order valence-corrected chi connectivity index (χ2v) is 7.16. The second-order valence-electron chi connectivity index (χ2n) is 7.16. The van der Waals surface area contributed by atoms with Crippen molar-refractivity contribution in [2.75, 3.05) is 6.54 Å². The predicted octanol–water partition coefficient (Wildman–Crippen LogP) is 4.57. The van der Waals surface area contributed by atoms with Gasteiger partial charge in [0.25, 0.3) is 5.91 Å². The van der Waals surface area contributed by atoms with E-state index in [1.54, 1.807) is 12.1 Å². The zero-order valence-electron chi connectivity index (χ0n) is 15.7. The van der Waals surface area contributed by atoms with E-state index < -0.39 is 0 Å². The molecule has 0 atom stereocenters. The van der Waals surface area contributed by atoms with Gasteiger partial charge in [-0.3, -0.25) is 4.79 Å². The topological polar surface area (TPSA) is 64.4 Å². The molecule has 1 aromatic carbocycles. The van der Waals surface area contributed by atoms with Gasteiger partial charge in [-0.05, 0) is 56.9 Å². The van der Waals surface area contributed by atoms with Crippen LogP contribution in [0.5, 0.6) is 5.75 Å². The Morgan fingerprint density at radius 2 is 1.96 bits per heavy atom. The molecule has 1 fully saturated rings. The first-order valence-electron chi connectivity index (χ1n) is 9.56. The van der Waals surface area contributed by atoms with Crippen molar-refractivity contribution in [1.82, 2.24) is 10.5 Å². The minimum absolute atomic E-state index is 0.0197. The molecule has 0 saturated heterocycles. The van der Waals surface area contributed by atoms with E-state index >= 15 is 0 Å². The number of benzene rings is 1. The van der Waals surface area contributed by atoms with E-state index in [1.165, 1.54) is 32.1 Å². The number of carbonyl (C=O) groups excluding carboxylic acids is 1. The first kappa shape index (κ1) is 18.5. The molecule has 1 amide bonds. The van der Waals surface area contributed by atoms with Crippen molar-refractivity contribution in [1.29, 1.82) is 0 Å². The van der Waals surface area contributed by atoms with Crippen LogP contribution in [-0.2, 0) is 6.61 Å². The molecule has 5 nitrogen and oxygen atoms in total. The summed E-state index contributed by atoms with van der Waals surface area (Å²) in [5.41, 5.74) is 2.47. The van der Waals surface area contributed by atoms with E-state index in [4.69, 9.17) is 9.26 Å². The van der Waals surface area contributed by atoms with Crippen LogP contribution in [0.25, 0.3) is 0 Å². The molecular weight excluding hydrogens is 328 g/mol. The Morgan fingerprint density at radius 3 is 2.62 bits per heavy atom. The van der Waals surface area contributed by atoms with Crippen molar-refractivity contribution in [3.05, 3.63) is 46.8 Å². The number of hydrogen-bond donors (Lipinski definition) is 1. The van der Waals surface area contributed by atoms with Gasteiger partial charge >= 0.3 is 0 Å². The fourth-order valence-electron chi connectivity index (χ4n) is 3.56. The third-order valence-electron chi connectivity index (χ3n) is 5.23. The molecule has 0 spiro atoms. The van der Waals surface area contributed by atoms with Gasteiger partial charge in [0.15, 0.2) is 0 Å². The highest BCUT2D eigenvalue weighted by atomic mass is 16.5. The summed E-state index contributed by atoms with van der Waals surface area (Å²) in [6, 6.07) is 7.25. The van der Waals surface area contributed by atoms with Crippen molar-refractivity contribution >= 4 is 5.91 Å². The largest absolute Gasteiger partial charge is 0.489 e. The zero-order chi connectivity index (χ0) is 18.4. The molecule has 2 aromatic rings. The highest BCUT2D eigenvalue weighted by molar-refractivity contribution is 5.94. The van der Waals surface area contributed by atoms with Crippen molar-refractivity contribution in [3.63, 3.8) is 0 Å². The standard InChI is InChI=1S/C21H28N2O3/c1-15-20(16(2)26-23-15)14-25-19-11-9-18(10-12-19)21(24)22-13-5-8-17-6-3-4-7-17/h9-12,17H,3-8,13-14H2,1-2H3,(H,22,24). The van der Waals surface area contributed by atoms with Gasteiger partial charge in [-0.2, -0.15) is 0 Å². The lowest BCUT2D eigenvalue weighted by Crippen LogP contribution is -2.24. The van der Waals surface area contributed by atoms with Crippen LogP contribution in [0.4, 0.5) is 0 Å². The second kappa shape index (κ2) is 8.88. The van der Waals surface area contributed by atoms with Crippen LogP contribution in [0.1, 0.15) is 65.9 Å². The molecule has 1 saturated carbocycles. The number of nitrogens with one attached hydrogen (secondary N) is 1. The highest BCUT2D eigenvalue weighted by Crippen LogP contribution is 2.28. The maximum absolute atomic E-state index is 12.2. The van der Waals surface area contributed by atoms with E-state index in [2.05, 4.69) is 10.5 Å². The molecule has 1 heterocycles. The maximum atomic E-state index is 12.2. The Bertz CT molecular complexity index is 696. The van der Waals surface area contributed by atoms with Gasteiger partial charge in [-0.25, -0.2) is 0 Å². The number of aromatic nitrogens is 1. The van der Waals surface area contributed by atoms with Crippen LogP contribution in [0, 0.1) is 19.8 Å². The first-order chi connectivity index (χ1) is 12.6. The summed E-state index contributed by atoms with van der Waals surface area (Å²) in [4.78, 5) is 12.2. The minimum atomic E-state index is -0.0197. The summed E-state index contributed by atoms with van der Waals surface area (Å²) < 4.78 is 10.9. The fraction of sp³-hybridized carbons (Fsp3) is 0.524. The Labute approximate surface area is 155 Å². The third-order valence-corrected chi connectivity index (χ3v) is 5.23. The SMILES string of the molecule is Cc1noc(C)c1COc1ccc(C(=O)NCCCC2CCCC2)cc1. The van der Waals surface area contributed by atoms with Crippen molar-refractivity contribution < 1.29 is 14.1 Å². The predicted molar refractivity (Wildman–Crippen MR) is 100 cm³/mol. The van der Waals surface area contributed by atoms with Crippen LogP contribution in [0.2, 0.25) is 0 Å². The van der Waals surface area contributed by atoms with E-state index in [0.29, 0.717) is 12.2 Å². The summed E-state index contributed by atoms with van der Waals surface area (Å²) in [7, 11) is 0. The van der Waals surface area contributed by atoms with Crippen molar-refractivity contribution in [2.24, 2.45) is 5.92 Å². The fourth-order valence-corrected chi connectivity index (χ4v) is 3.56. The molecule has 0 bridgehead atoms. The summed E-state index contributed by atoms with van der Waals surface area (Å²) in [6.45, 7) is 4.93. The monoisotopic (exact) mass is 356 g/mol. The molecule has 26 heavy (non-hydrogen) atoms. The smallest absolute Gasteiger partial charge is 0.251 e. The third kappa shape index (κ3) is 4.87. The van der Waals surface area contributed by atoms with Gasteiger partial charge in [0.1, 0.15) is 18.1 Å². The number of nitrogens with zero attached hydrogens (tertiary/aromatic N) is 1. The molecule has 0 unspecified atom stereocenters. The number of ether oxygens (including phenoxy) is 1. The van der Waals surface area contributed by atoms with Gasteiger partial charge < -0.3 is 14.6 Å². The highest BCUT2D eigenvalue weighted by Gasteiger charge is 2.14. The number of amides is 1. The van der Waals surface area contributed by atoms with E-state index in [1.807, 2.05) is 26.0 Å². The summed E-state index contributed by atoms with van der Waals surface area (Å²) in [5, 5.41) is 6.93. The zero-order valence-corrected chi connectivity index (χ0v) is 15.7. The van der Waals surface area contributed by atoms with Gasteiger partial charge in [-0.1, -0.05) is 30.8 Å². The Morgan fingerprint density at radius 1 is 1.23 bits per heavy atom. The normalized spacial score (nSPS) is 14.5. The Balaban J connectivity index is 1.42. The van der Waals surface area contributed by atoms with Gasteiger partial charge in [0.05, 0.1) is 11.3 Å². The number of hydrogen-bond acceptors (Lipinski definition) is 4. The van der Waals surface area contributed by atoms with Crippen LogP contribution in [0.15, 0.2) is 28.8 Å². The lowest BCUT2D eigenvalue weighted by atomic mass is 10.0. The molecule has 1 N–H and O–H groups in total. The van der Waals surface area contributed by atoms with Crippen LogP contribution >= 0.6 is 0 Å². The lowest BCUT2D eigenvalue weighted by molar-refractivity contribution is 0.0952. The molecule has 5 heteroatoms. The van der Waals surface area contributed by atoms with Crippen molar-refractivity contribution in [3.8, 4) is 5.75 Å². The van der Waals surface area contributed by atoms with Gasteiger partial charge in [0, 0.05) is 12.1 Å². The molecule has 0 aliphatic heterocycles. The average Bonchev–Trinajstić information content (AvgIpc) is 3.28. The van der Waals surface area contributed by atoms with Crippen LogP contribution in [-0.4, -0.2) is 17.6 Å². The van der Waals surface area contributed by atoms with Crippen molar-refractivity contribution in [2.45, 2.75) is 59.0 Å². The lowest BCUT2D eigenvalue weighted by Gasteiger charge is -2.10.